The molecule has 1 heteroatoms. The van der Waals surface area contributed by atoms with Crippen molar-refractivity contribution in [3.05, 3.63) is 0 Å². The van der Waals surface area contributed by atoms with Gasteiger partial charge in [-0.3, -0.25) is 4.79 Å². The van der Waals surface area contributed by atoms with Crippen LogP contribution in [0.2, 0.25) is 0 Å². The zero-order valence-corrected chi connectivity index (χ0v) is 13.6. The summed E-state index contributed by atoms with van der Waals surface area (Å²) in [6.45, 7) is 2.27. The highest BCUT2D eigenvalue weighted by molar-refractivity contribution is 5.80. The summed E-state index contributed by atoms with van der Waals surface area (Å²) in [6.07, 6.45) is 23.5. The molecule has 0 saturated heterocycles. The van der Waals surface area contributed by atoms with Gasteiger partial charge in [0, 0.05) is 6.42 Å². The summed E-state index contributed by atoms with van der Waals surface area (Å²) in [4.78, 5) is 11.2. The molecule has 0 radical (unpaired) electrons. The fourth-order valence-corrected chi connectivity index (χ4v) is 2.54. The summed E-state index contributed by atoms with van der Waals surface area (Å²) in [5, 5.41) is 0. The molecule has 0 aliphatic heterocycles. The van der Waals surface area contributed by atoms with Crippen LogP contribution in [0.15, 0.2) is 0 Å². The predicted molar refractivity (Wildman–Crippen MR) is 88.8 cm³/mol. The van der Waals surface area contributed by atoms with Crippen LogP contribution in [0, 0.1) is 12.3 Å². The lowest BCUT2D eigenvalue weighted by atomic mass is 10.0. The lowest BCUT2D eigenvalue weighted by Crippen LogP contribution is -1.95. The third-order valence-corrected chi connectivity index (χ3v) is 3.86. The van der Waals surface area contributed by atoms with Crippen LogP contribution in [-0.2, 0) is 4.79 Å². The number of hydrogen-bond donors (Lipinski definition) is 0. The van der Waals surface area contributed by atoms with Crippen LogP contribution in [0.5, 0.6) is 0 Å². The average Bonchev–Trinajstić information content (AvgIpc) is 2.44. The standard InChI is InChI=1S/C19H34O/c1-3-5-6-7-8-9-10-11-12-13-14-15-16-18-19(20)17-4-2/h2H,3,5-18H2,1H3. The molecule has 0 amide bonds. The Bertz CT molecular complexity index is 249. The first-order chi connectivity index (χ1) is 9.81. The van der Waals surface area contributed by atoms with Gasteiger partial charge in [-0.2, -0.15) is 0 Å². The molecule has 0 aromatic carbocycles. The van der Waals surface area contributed by atoms with Gasteiger partial charge in [0.25, 0.3) is 0 Å². The Morgan fingerprint density at radius 2 is 1.15 bits per heavy atom. The Kier molecular flexibility index (Phi) is 15.7. The van der Waals surface area contributed by atoms with E-state index in [0.717, 1.165) is 6.42 Å². The van der Waals surface area contributed by atoms with Crippen molar-refractivity contribution >= 4 is 5.78 Å². The zero-order chi connectivity index (χ0) is 14.9. The highest BCUT2D eigenvalue weighted by atomic mass is 16.1. The number of Topliss-reactive ketones (excluding diaryl/α,β-unsaturated/α-hetero) is 1. The SMILES string of the molecule is C#CCC(=O)CCCCCCCCCCCCCCC. The molecule has 0 unspecified atom stereocenters. The first kappa shape index (κ1) is 19.2. The van der Waals surface area contributed by atoms with Gasteiger partial charge in [0.15, 0.2) is 0 Å². The van der Waals surface area contributed by atoms with Gasteiger partial charge in [-0.05, 0) is 6.42 Å². The van der Waals surface area contributed by atoms with E-state index in [4.69, 9.17) is 6.42 Å². The van der Waals surface area contributed by atoms with E-state index in [2.05, 4.69) is 12.8 Å². The Balaban J connectivity index is 3.03. The number of rotatable bonds is 15. The van der Waals surface area contributed by atoms with Crippen molar-refractivity contribution in [2.75, 3.05) is 0 Å². The van der Waals surface area contributed by atoms with Crippen LogP contribution in [0.3, 0.4) is 0 Å². The molecule has 0 rings (SSSR count). The van der Waals surface area contributed by atoms with Gasteiger partial charge in [-0.15, -0.1) is 6.42 Å². The van der Waals surface area contributed by atoms with Crippen LogP contribution in [0.1, 0.15) is 103 Å². The van der Waals surface area contributed by atoms with Gasteiger partial charge in [0.2, 0.25) is 0 Å². The lowest BCUT2D eigenvalue weighted by Gasteiger charge is -2.02. The molecule has 0 atom stereocenters. The van der Waals surface area contributed by atoms with Gasteiger partial charge in [0.05, 0.1) is 6.42 Å². The quantitative estimate of drug-likeness (QED) is 0.263. The van der Waals surface area contributed by atoms with Crippen LogP contribution in [-0.4, -0.2) is 5.78 Å². The predicted octanol–water partition coefficient (Wildman–Crippen LogP) is 6.06. The number of unbranched alkanes of at least 4 members (excludes halogenated alkanes) is 12. The number of terminal acetylenes is 1. The third kappa shape index (κ3) is 15.3. The molecule has 0 aliphatic rings. The Hall–Kier alpha value is -0.770. The summed E-state index contributed by atoms with van der Waals surface area (Å²) in [6, 6.07) is 0. The summed E-state index contributed by atoms with van der Waals surface area (Å²) >= 11 is 0. The fourth-order valence-electron chi connectivity index (χ4n) is 2.54. The minimum atomic E-state index is 0.232. The first-order valence-electron chi connectivity index (χ1n) is 8.76. The average molecular weight is 278 g/mol. The topological polar surface area (TPSA) is 17.1 Å². The van der Waals surface area contributed by atoms with Gasteiger partial charge in [0.1, 0.15) is 5.78 Å². The third-order valence-electron chi connectivity index (χ3n) is 3.86. The Morgan fingerprint density at radius 3 is 1.55 bits per heavy atom. The normalized spacial score (nSPS) is 10.4. The number of carbonyl (C=O) groups is 1. The highest BCUT2D eigenvalue weighted by Crippen LogP contribution is 2.13. The monoisotopic (exact) mass is 278 g/mol. The Morgan fingerprint density at radius 1 is 0.750 bits per heavy atom. The zero-order valence-electron chi connectivity index (χ0n) is 13.6. The van der Waals surface area contributed by atoms with Gasteiger partial charge < -0.3 is 0 Å². The molecule has 1 nitrogen and oxygen atoms in total. The summed E-state index contributed by atoms with van der Waals surface area (Å²) < 4.78 is 0. The number of carbonyl (C=O) groups excluding carboxylic acids is 1. The lowest BCUT2D eigenvalue weighted by molar-refractivity contribution is -0.118. The molecule has 0 aromatic heterocycles. The van der Waals surface area contributed by atoms with E-state index in [0.29, 0.717) is 12.8 Å². The molecule has 116 valence electrons. The van der Waals surface area contributed by atoms with Gasteiger partial charge in [-0.25, -0.2) is 0 Å². The minimum absolute atomic E-state index is 0.232. The molecule has 0 N–H and O–H groups in total. The first-order valence-corrected chi connectivity index (χ1v) is 8.76. The molecular weight excluding hydrogens is 244 g/mol. The van der Waals surface area contributed by atoms with E-state index in [1.54, 1.807) is 0 Å². The van der Waals surface area contributed by atoms with E-state index >= 15 is 0 Å². The summed E-state index contributed by atoms with van der Waals surface area (Å²) in [5.41, 5.74) is 0. The maximum Gasteiger partial charge on any atom is 0.144 e. The molecule has 0 bridgehead atoms. The Labute approximate surface area is 126 Å². The number of hydrogen-bond acceptors (Lipinski definition) is 1. The number of ketones is 1. The molecule has 0 spiro atoms. The van der Waals surface area contributed by atoms with Gasteiger partial charge in [-0.1, -0.05) is 89.9 Å². The van der Waals surface area contributed by atoms with Crippen molar-refractivity contribution in [1.82, 2.24) is 0 Å². The van der Waals surface area contributed by atoms with Crippen molar-refractivity contribution in [1.29, 1.82) is 0 Å². The van der Waals surface area contributed by atoms with E-state index in [1.165, 1.54) is 77.0 Å². The molecule has 0 aromatic rings. The van der Waals surface area contributed by atoms with E-state index in [9.17, 15) is 4.79 Å². The van der Waals surface area contributed by atoms with Crippen molar-refractivity contribution < 1.29 is 4.79 Å². The largest absolute Gasteiger partial charge is 0.299 e. The van der Waals surface area contributed by atoms with Crippen molar-refractivity contribution in [3.63, 3.8) is 0 Å². The van der Waals surface area contributed by atoms with Crippen LogP contribution in [0.25, 0.3) is 0 Å². The minimum Gasteiger partial charge on any atom is -0.299 e. The van der Waals surface area contributed by atoms with E-state index < -0.39 is 0 Å². The molecule has 20 heavy (non-hydrogen) atoms. The maximum atomic E-state index is 11.2. The highest BCUT2D eigenvalue weighted by Gasteiger charge is 1.99. The summed E-state index contributed by atoms with van der Waals surface area (Å²) in [7, 11) is 0. The molecule has 0 fully saturated rings. The van der Waals surface area contributed by atoms with Crippen molar-refractivity contribution in [3.8, 4) is 12.3 Å². The molecule has 0 saturated carbocycles. The second-order valence-corrected chi connectivity index (χ2v) is 5.91. The van der Waals surface area contributed by atoms with Crippen LogP contribution in [0.4, 0.5) is 0 Å². The van der Waals surface area contributed by atoms with E-state index in [1.807, 2.05) is 0 Å². The fraction of sp³-hybridized carbons (Fsp3) is 0.842. The van der Waals surface area contributed by atoms with Crippen LogP contribution < -0.4 is 0 Å². The van der Waals surface area contributed by atoms with Crippen molar-refractivity contribution in [2.24, 2.45) is 0 Å². The van der Waals surface area contributed by atoms with Gasteiger partial charge >= 0.3 is 0 Å². The second kappa shape index (κ2) is 16.3. The molecule has 0 aliphatic carbocycles. The maximum absolute atomic E-state index is 11.2. The van der Waals surface area contributed by atoms with Crippen molar-refractivity contribution in [2.45, 2.75) is 103 Å². The second-order valence-electron chi connectivity index (χ2n) is 5.91. The smallest absolute Gasteiger partial charge is 0.144 e. The molecule has 0 heterocycles. The molecular formula is C19H34O. The van der Waals surface area contributed by atoms with E-state index in [-0.39, 0.29) is 5.78 Å². The van der Waals surface area contributed by atoms with Crippen LogP contribution >= 0.6 is 0 Å². The summed E-state index contributed by atoms with van der Waals surface area (Å²) in [5.74, 6) is 2.65.